The zero-order valence-electron chi connectivity index (χ0n) is 16.6. The van der Waals surface area contributed by atoms with Gasteiger partial charge in [0.15, 0.2) is 0 Å². The molecule has 3 aromatic rings. The smallest absolute Gasteiger partial charge is 0.407 e. The summed E-state index contributed by atoms with van der Waals surface area (Å²) in [6.45, 7) is 0.273. The van der Waals surface area contributed by atoms with E-state index in [2.05, 4.69) is 22.1 Å². The molecule has 0 aliphatic carbocycles. The van der Waals surface area contributed by atoms with Crippen molar-refractivity contribution in [1.29, 1.82) is 0 Å². The fraction of sp³-hybridized carbons (Fsp3) is 0.167. The molecule has 4 rings (SSSR count). The predicted octanol–water partition coefficient (Wildman–Crippen LogP) is 3.95. The molecule has 30 heavy (non-hydrogen) atoms. The molecule has 1 unspecified atom stereocenters. The first kappa shape index (κ1) is 19.3. The second-order valence-electron chi connectivity index (χ2n) is 6.65. The number of methoxy groups -OCH3 is 2. The maximum Gasteiger partial charge on any atom is 0.407 e. The maximum atomic E-state index is 11.6. The number of carbonyl (C=O) groups excluding carboxylic acids is 1. The summed E-state index contributed by atoms with van der Waals surface area (Å²) in [5, 5.41) is 2.86. The number of rotatable bonds is 4. The van der Waals surface area contributed by atoms with Gasteiger partial charge in [-0.3, -0.25) is 4.98 Å². The van der Waals surface area contributed by atoms with E-state index >= 15 is 0 Å². The van der Waals surface area contributed by atoms with E-state index in [-0.39, 0.29) is 12.6 Å². The highest BCUT2D eigenvalue weighted by Gasteiger charge is 2.26. The first-order valence-corrected chi connectivity index (χ1v) is 9.39. The Morgan fingerprint density at radius 3 is 2.60 bits per heavy atom. The SMILES string of the molecule is COc1ccc(-c2ccc(C#Cc3cnccc3OC)cc2C2COC(=O)N2)cc1. The van der Waals surface area contributed by atoms with E-state index in [0.717, 1.165) is 28.0 Å². The number of hydrogen-bond donors (Lipinski definition) is 1. The molecule has 1 aliphatic heterocycles. The quantitative estimate of drug-likeness (QED) is 0.672. The third kappa shape index (κ3) is 4.06. The first-order chi connectivity index (χ1) is 14.7. The van der Waals surface area contributed by atoms with Gasteiger partial charge < -0.3 is 19.5 Å². The average molecular weight is 400 g/mol. The van der Waals surface area contributed by atoms with E-state index in [1.165, 1.54) is 0 Å². The van der Waals surface area contributed by atoms with Crippen LogP contribution in [0.3, 0.4) is 0 Å². The third-order valence-corrected chi connectivity index (χ3v) is 4.84. The largest absolute Gasteiger partial charge is 0.497 e. The summed E-state index contributed by atoms with van der Waals surface area (Å²) >= 11 is 0. The van der Waals surface area contributed by atoms with Crippen molar-refractivity contribution < 1.29 is 19.0 Å². The van der Waals surface area contributed by atoms with Crippen LogP contribution in [0.4, 0.5) is 4.79 Å². The van der Waals surface area contributed by atoms with Gasteiger partial charge in [0.25, 0.3) is 0 Å². The van der Waals surface area contributed by atoms with Crippen molar-refractivity contribution in [1.82, 2.24) is 10.3 Å². The average Bonchev–Trinajstić information content (AvgIpc) is 3.24. The van der Waals surface area contributed by atoms with Crippen LogP contribution in [0.5, 0.6) is 11.5 Å². The van der Waals surface area contributed by atoms with E-state index in [9.17, 15) is 4.79 Å². The summed E-state index contributed by atoms with van der Waals surface area (Å²) in [5.41, 5.74) is 4.47. The van der Waals surface area contributed by atoms with Crippen molar-refractivity contribution in [3.05, 3.63) is 77.6 Å². The molecule has 6 heteroatoms. The minimum absolute atomic E-state index is 0.246. The second-order valence-corrected chi connectivity index (χ2v) is 6.65. The lowest BCUT2D eigenvalue weighted by Crippen LogP contribution is -2.19. The van der Waals surface area contributed by atoms with E-state index in [1.807, 2.05) is 42.5 Å². The molecule has 1 saturated heterocycles. The van der Waals surface area contributed by atoms with Crippen molar-refractivity contribution >= 4 is 6.09 Å². The number of cyclic esters (lactones) is 1. The van der Waals surface area contributed by atoms with Crippen molar-refractivity contribution in [2.75, 3.05) is 20.8 Å². The summed E-state index contributed by atoms with van der Waals surface area (Å²) in [7, 11) is 3.24. The third-order valence-electron chi connectivity index (χ3n) is 4.84. The fourth-order valence-corrected chi connectivity index (χ4v) is 3.31. The maximum absolute atomic E-state index is 11.6. The number of pyridine rings is 1. The minimum atomic E-state index is -0.419. The summed E-state index contributed by atoms with van der Waals surface area (Å²) in [4.78, 5) is 15.7. The zero-order chi connectivity index (χ0) is 20.9. The van der Waals surface area contributed by atoms with Gasteiger partial charge in [0.2, 0.25) is 0 Å². The van der Waals surface area contributed by atoms with Gasteiger partial charge in [-0.25, -0.2) is 4.79 Å². The van der Waals surface area contributed by atoms with Gasteiger partial charge in [0, 0.05) is 18.0 Å². The molecule has 1 N–H and O–H groups in total. The van der Waals surface area contributed by atoms with Crippen molar-refractivity contribution in [3.8, 4) is 34.5 Å². The number of aromatic nitrogens is 1. The highest BCUT2D eigenvalue weighted by atomic mass is 16.6. The Bertz CT molecular complexity index is 1130. The Kier molecular flexibility index (Phi) is 5.53. The molecule has 6 nitrogen and oxygen atoms in total. The Hall–Kier alpha value is -3.98. The number of alkyl carbamates (subject to hydrolysis) is 1. The summed E-state index contributed by atoms with van der Waals surface area (Å²) in [6.07, 6.45) is 2.91. The number of benzene rings is 2. The van der Waals surface area contributed by atoms with Crippen LogP contribution in [0.15, 0.2) is 60.9 Å². The van der Waals surface area contributed by atoms with Crippen LogP contribution in [0, 0.1) is 11.8 Å². The van der Waals surface area contributed by atoms with Crippen LogP contribution in [0.25, 0.3) is 11.1 Å². The molecule has 0 saturated carbocycles. The molecule has 1 amide bonds. The van der Waals surface area contributed by atoms with E-state index in [1.54, 1.807) is 32.7 Å². The number of carbonyl (C=O) groups is 1. The summed E-state index contributed by atoms with van der Waals surface area (Å²) in [6, 6.07) is 15.3. The van der Waals surface area contributed by atoms with E-state index < -0.39 is 6.09 Å². The standard InChI is InChI=1S/C24H20N2O4/c1-28-19-8-6-17(7-9-19)20-10-4-16(13-21(20)22-15-30-24(27)26-22)3-5-18-14-25-12-11-23(18)29-2/h4,6-14,22H,15H2,1-2H3,(H,26,27). The molecule has 0 spiro atoms. The van der Waals surface area contributed by atoms with Crippen molar-refractivity contribution in [2.45, 2.75) is 6.04 Å². The molecule has 1 aliphatic rings. The molecule has 1 aromatic heterocycles. The van der Waals surface area contributed by atoms with E-state index in [4.69, 9.17) is 14.2 Å². The molecule has 2 aromatic carbocycles. The molecule has 1 fully saturated rings. The number of amides is 1. The van der Waals surface area contributed by atoms with Crippen LogP contribution >= 0.6 is 0 Å². The highest BCUT2D eigenvalue weighted by molar-refractivity contribution is 5.74. The zero-order valence-corrected chi connectivity index (χ0v) is 16.6. The topological polar surface area (TPSA) is 69.7 Å². The molecular formula is C24H20N2O4. The van der Waals surface area contributed by atoms with Gasteiger partial charge in [-0.15, -0.1) is 0 Å². The van der Waals surface area contributed by atoms with Crippen LogP contribution in [0.1, 0.15) is 22.7 Å². The summed E-state index contributed by atoms with van der Waals surface area (Å²) in [5.74, 6) is 7.73. The Labute approximate surface area is 174 Å². The van der Waals surface area contributed by atoms with Gasteiger partial charge >= 0.3 is 6.09 Å². The second kappa shape index (κ2) is 8.58. The van der Waals surface area contributed by atoms with Crippen LogP contribution < -0.4 is 14.8 Å². The normalized spacial score (nSPS) is 14.9. The van der Waals surface area contributed by atoms with Crippen LogP contribution in [-0.2, 0) is 4.74 Å². The predicted molar refractivity (Wildman–Crippen MR) is 112 cm³/mol. The number of nitrogens with zero attached hydrogens (tertiary/aromatic N) is 1. The number of hydrogen-bond acceptors (Lipinski definition) is 5. The Balaban J connectivity index is 1.74. The van der Waals surface area contributed by atoms with Gasteiger partial charge in [0.05, 0.1) is 25.8 Å². The minimum Gasteiger partial charge on any atom is -0.497 e. The highest BCUT2D eigenvalue weighted by Crippen LogP contribution is 2.32. The Morgan fingerprint density at radius 1 is 1.07 bits per heavy atom. The number of ether oxygens (including phenoxy) is 3. The van der Waals surface area contributed by atoms with Gasteiger partial charge in [-0.1, -0.05) is 30.0 Å². The van der Waals surface area contributed by atoms with Gasteiger partial charge in [-0.2, -0.15) is 0 Å². The first-order valence-electron chi connectivity index (χ1n) is 9.39. The van der Waals surface area contributed by atoms with Gasteiger partial charge in [-0.05, 0) is 47.0 Å². The molecule has 0 radical (unpaired) electrons. The molecule has 2 heterocycles. The summed E-state index contributed by atoms with van der Waals surface area (Å²) < 4.78 is 15.7. The molecule has 150 valence electrons. The van der Waals surface area contributed by atoms with Crippen LogP contribution in [-0.4, -0.2) is 31.9 Å². The number of nitrogens with one attached hydrogen (secondary N) is 1. The lowest BCUT2D eigenvalue weighted by Gasteiger charge is -2.15. The lowest BCUT2D eigenvalue weighted by atomic mass is 9.93. The molecule has 1 atom stereocenters. The lowest BCUT2D eigenvalue weighted by molar-refractivity contribution is 0.177. The fourth-order valence-electron chi connectivity index (χ4n) is 3.31. The van der Waals surface area contributed by atoms with Gasteiger partial charge in [0.1, 0.15) is 18.1 Å². The van der Waals surface area contributed by atoms with Crippen molar-refractivity contribution in [3.63, 3.8) is 0 Å². The van der Waals surface area contributed by atoms with Crippen LogP contribution in [0.2, 0.25) is 0 Å². The molecular weight excluding hydrogens is 380 g/mol. The Morgan fingerprint density at radius 2 is 1.90 bits per heavy atom. The molecule has 0 bridgehead atoms. The monoisotopic (exact) mass is 400 g/mol. The van der Waals surface area contributed by atoms with Crippen molar-refractivity contribution in [2.24, 2.45) is 0 Å². The van der Waals surface area contributed by atoms with E-state index in [0.29, 0.717) is 11.3 Å².